The van der Waals surface area contributed by atoms with Gasteiger partial charge in [-0.15, -0.1) is 5.10 Å². The van der Waals surface area contributed by atoms with E-state index in [4.69, 9.17) is 5.11 Å². The van der Waals surface area contributed by atoms with E-state index in [0.29, 0.717) is 11.5 Å². The quantitative estimate of drug-likeness (QED) is 0.843. The van der Waals surface area contributed by atoms with Crippen LogP contribution in [0.5, 0.6) is 0 Å². The number of carbonyl (C=O) groups is 2. The van der Waals surface area contributed by atoms with Gasteiger partial charge in [0.05, 0.1) is 5.69 Å². The summed E-state index contributed by atoms with van der Waals surface area (Å²) in [6.45, 7) is 5.15. The molecule has 0 saturated carbocycles. The van der Waals surface area contributed by atoms with Crippen LogP contribution in [0.25, 0.3) is 5.69 Å². The van der Waals surface area contributed by atoms with Crippen molar-refractivity contribution in [2.45, 2.75) is 39.2 Å². The first-order chi connectivity index (χ1) is 11.2. The molecule has 1 aromatic carbocycles. The number of carbonyl (C=O) groups excluding carboxylic acids is 1. The normalized spacial score (nSPS) is 11.3. The highest BCUT2D eigenvalue weighted by molar-refractivity contribution is 5.91. The zero-order valence-electron chi connectivity index (χ0n) is 13.7. The summed E-state index contributed by atoms with van der Waals surface area (Å²) in [6, 6.07) is 5.67. The summed E-state index contributed by atoms with van der Waals surface area (Å²) < 4.78 is 14.4. The summed E-state index contributed by atoms with van der Waals surface area (Å²) in [7, 11) is 0. The predicted octanol–water partition coefficient (Wildman–Crippen LogP) is 2.09. The zero-order chi connectivity index (χ0) is 17.9. The molecule has 24 heavy (non-hydrogen) atoms. The summed E-state index contributed by atoms with van der Waals surface area (Å²) >= 11 is 0. The summed E-state index contributed by atoms with van der Waals surface area (Å²) in [5.74, 6) is -1.33. The molecule has 0 atom stereocenters. The van der Waals surface area contributed by atoms with Crippen LogP contribution in [0.3, 0.4) is 0 Å². The largest absolute Gasteiger partial charge is 0.481 e. The number of nitrogens with zero attached hydrogens (tertiary/aromatic N) is 3. The van der Waals surface area contributed by atoms with Gasteiger partial charge in [0, 0.05) is 12.0 Å². The topological polar surface area (TPSA) is 97.1 Å². The van der Waals surface area contributed by atoms with Crippen molar-refractivity contribution < 1.29 is 19.1 Å². The Balaban J connectivity index is 2.15. The van der Waals surface area contributed by atoms with E-state index in [2.05, 4.69) is 15.4 Å². The SMILES string of the molecule is Cc1nc(C(=O)NC(C)(C)CCC(=O)O)nn1-c1ccc(F)cc1. The van der Waals surface area contributed by atoms with Crippen LogP contribution in [0, 0.1) is 12.7 Å². The standard InChI is InChI=1S/C16H19FN4O3/c1-10-18-14(15(24)19-16(2,3)9-8-13(22)23)20-21(10)12-6-4-11(17)5-7-12/h4-7H,8-9H2,1-3H3,(H,19,24)(H,22,23). The van der Waals surface area contributed by atoms with Crippen molar-refractivity contribution in [3.8, 4) is 5.69 Å². The van der Waals surface area contributed by atoms with E-state index in [1.807, 2.05) is 0 Å². The summed E-state index contributed by atoms with van der Waals surface area (Å²) in [5.41, 5.74) is -0.115. The van der Waals surface area contributed by atoms with Gasteiger partial charge in [-0.3, -0.25) is 9.59 Å². The van der Waals surface area contributed by atoms with Crippen LogP contribution in [0.4, 0.5) is 4.39 Å². The van der Waals surface area contributed by atoms with Crippen LogP contribution in [0.1, 0.15) is 43.1 Å². The van der Waals surface area contributed by atoms with Crippen molar-refractivity contribution in [3.63, 3.8) is 0 Å². The van der Waals surface area contributed by atoms with Gasteiger partial charge in [0.15, 0.2) is 0 Å². The molecule has 2 rings (SSSR count). The Morgan fingerprint density at radius 2 is 1.92 bits per heavy atom. The highest BCUT2D eigenvalue weighted by Crippen LogP contribution is 2.14. The van der Waals surface area contributed by atoms with E-state index in [1.165, 1.54) is 28.9 Å². The van der Waals surface area contributed by atoms with Crippen LogP contribution < -0.4 is 5.32 Å². The molecule has 0 aliphatic rings. The maximum absolute atomic E-state index is 13.0. The Kier molecular flexibility index (Phi) is 4.96. The van der Waals surface area contributed by atoms with Crippen molar-refractivity contribution >= 4 is 11.9 Å². The van der Waals surface area contributed by atoms with Crippen LogP contribution in [-0.2, 0) is 4.79 Å². The van der Waals surface area contributed by atoms with Gasteiger partial charge in [-0.1, -0.05) is 0 Å². The minimum atomic E-state index is -0.924. The van der Waals surface area contributed by atoms with Crippen LogP contribution in [0.2, 0.25) is 0 Å². The van der Waals surface area contributed by atoms with Crippen molar-refractivity contribution in [3.05, 3.63) is 41.7 Å². The third-order valence-corrected chi connectivity index (χ3v) is 3.46. The van der Waals surface area contributed by atoms with E-state index >= 15 is 0 Å². The molecule has 0 unspecified atom stereocenters. The fourth-order valence-electron chi connectivity index (χ4n) is 2.16. The fraction of sp³-hybridized carbons (Fsp3) is 0.375. The number of aryl methyl sites for hydroxylation is 1. The number of carboxylic acids is 1. The number of carboxylic acid groups (broad SMARTS) is 1. The second kappa shape index (κ2) is 6.77. The van der Waals surface area contributed by atoms with Gasteiger partial charge in [-0.05, 0) is 51.5 Å². The molecule has 1 heterocycles. The van der Waals surface area contributed by atoms with Gasteiger partial charge in [-0.2, -0.15) is 0 Å². The average Bonchev–Trinajstić information content (AvgIpc) is 2.88. The van der Waals surface area contributed by atoms with E-state index in [1.54, 1.807) is 20.8 Å². The molecule has 2 aromatic rings. The Morgan fingerprint density at radius 3 is 2.50 bits per heavy atom. The number of amides is 1. The number of benzene rings is 1. The molecule has 0 saturated heterocycles. The molecule has 1 amide bonds. The summed E-state index contributed by atoms with van der Waals surface area (Å²) in [6.07, 6.45) is 0.232. The van der Waals surface area contributed by atoms with Crippen molar-refractivity contribution in [2.24, 2.45) is 0 Å². The van der Waals surface area contributed by atoms with Gasteiger partial charge in [0.25, 0.3) is 5.91 Å². The Morgan fingerprint density at radius 1 is 1.29 bits per heavy atom. The second-order valence-electron chi connectivity index (χ2n) is 6.10. The molecular weight excluding hydrogens is 315 g/mol. The fourth-order valence-corrected chi connectivity index (χ4v) is 2.16. The molecule has 0 aliphatic carbocycles. The smallest absolute Gasteiger partial charge is 0.303 e. The molecule has 1 aromatic heterocycles. The Bertz CT molecular complexity index is 753. The first kappa shape index (κ1) is 17.6. The van der Waals surface area contributed by atoms with E-state index in [-0.39, 0.29) is 24.5 Å². The molecule has 0 bridgehead atoms. The molecule has 0 fully saturated rings. The lowest BCUT2D eigenvalue weighted by molar-refractivity contribution is -0.137. The molecule has 0 spiro atoms. The van der Waals surface area contributed by atoms with Gasteiger partial charge in [0.2, 0.25) is 5.82 Å². The highest BCUT2D eigenvalue weighted by Gasteiger charge is 2.25. The molecule has 0 aliphatic heterocycles. The Hall–Kier alpha value is -2.77. The van der Waals surface area contributed by atoms with Crippen molar-refractivity contribution in [1.29, 1.82) is 0 Å². The molecule has 8 heteroatoms. The molecular formula is C16H19FN4O3. The summed E-state index contributed by atoms with van der Waals surface area (Å²) in [5, 5.41) is 15.6. The van der Waals surface area contributed by atoms with Crippen LogP contribution >= 0.6 is 0 Å². The number of aromatic nitrogens is 3. The van der Waals surface area contributed by atoms with E-state index in [9.17, 15) is 14.0 Å². The second-order valence-corrected chi connectivity index (χ2v) is 6.10. The zero-order valence-corrected chi connectivity index (χ0v) is 13.7. The predicted molar refractivity (Wildman–Crippen MR) is 84.5 cm³/mol. The van der Waals surface area contributed by atoms with Crippen molar-refractivity contribution in [1.82, 2.24) is 20.1 Å². The number of rotatable bonds is 6. The third kappa shape index (κ3) is 4.37. The van der Waals surface area contributed by atoms with E-state index in [0.717, 1.165) is 0 Å². The monoisotopic (exact) mass is 334 g/mol. The van der Waals surface area contributed by atoms with Gasteiger partial charge >= 0.3 is 5.97 Å². The van der Waals surface area contributed by atoms with E-state index < -0.39 is 17.4 Å². The minimum absolute atomic E-state index is 0.0276. The third-order valence-electron chi connectivity index (χ3n) is 3.46. The summed E-state index contributed by atoms with van der Waals surface area (Å²) in [4.78, 5) is 27.1. The van der Waals surface area contributed by atoms with Gasteiger partial charge < -0.3 is 10.4 Å². The maximum Gasteiger partial charge on any atom is 0.303 e. The number of aliphatic carboxylic acids is 1. The highest BCUT2D eigenvalue weighted by atomic mass is 19.1. The van der Waals surface area contributed by atoms with Crippen molar-refractivity contribution in [2.75, 3.05) is 0 Å². The molecule has 128 valence electrons. The Labute approximate surface area is 138 Å². The molecule has 2 N–H and O–H groups in total. The first-order valence-corrected chi connectivity index (χ1v) is 7.42. The molecule has 0 radical (unpaired) electrons. The number of hydrogen-bond acceptors (Lipinski definition) is 4. The number of nitrogens with one attached hydrogen (secondary N) is 1. The number of halogens is 1. The van der Waals surface area contributed by atoms with Gasteiger partial charge in [0.1, 0.15) is 11.6 Å². The first-order valence-electron chi connectivity index (χ1n) is 7.42. The minimum Gasteiger partial charge on any atom is -0.481 e. The molecule has 7 nitrogen and oxygen atoms in total. The lowest BCUT2D eigenvalue weighted by Crippen LogP contribution is -2.44. The van der Waals surface area contributed by atoms with Crippen LogP contribution in [-0.4, -0.2) is 37.3 Å². The maximum atomic E-state index is 13.0. The van der Waals surface area contributed by atoms with Crippen LogP contribution in [0.15, 0.2) is 24.3 Å². The average molecular weight is 334 g/mol. The lowest BCUT2D eigenvalue weighted by atomic mass is 9.98. The number of hydrogen-bond donors (Lipinski definition) is 2. The van der Waals surface area contributed by atoms with Gasteiger partial charge in [-0.25, -0.2) is 14.1 Å². The lowest BCUT2D eigenvalue weighted by Gasteiger charge is -2.24.